The molecule has 1 aliphatic heterocycles. The molecule has 0 saturated heterocycles. The Balaban J connectivity index is 0.00000113. The zero-order valence-electron chi connectivity index (χ0n) is 19.3. The van der Waals surface area contributed by atoms with Crippen LogP contribution in [0.3, 0.4) is 0 Å². The first kappa shape index (κ1) is 26.1. The first-order chi connectivity index (χ1) is 14.8. The van der Waals surface area contributed by atoms with E-state index < -0.39 is 11.9 Å². The zero-order chi connectivity index (χ0) is 23.6. The lowest BCUT2D eigenvalue weighted by molar-refractivity contribution is -0.922. The molecule has 0 fully saturated rings. The smallest absolute Gasteiger partial charge is 0.324 e. The van der Waals surface area contributed by atoms with E-state index in [0.717, 1.165) is 41.0 Å². The first-order valence-corrected chi connectivity index (χ1v) is 11.5. The second kappa shape index (κ2) is 12.1. The number of primary amides is 1. The predicted octanol–water partition coefficient (Wildman–Crippen LogP) is 4.94. The molecule has 3 amide bonds. The molecule has 1 aromatic carbocycles. The highest BCUT2D eigenvalue weighted by atomic mass is 32.1. The number of quaternary nitrogens is 1. The topological polar surface area (TPSA) is 108 Å². The van der Waals surface area contributed by atoms with Crippen LogP contribution in [0.2, 0.25) is 0 Å². The summed E-state index contributed by atoms with van der Waals surface area (Å²) in [6.07, 6.45) is 0.771. The van der Waals surface area contributed by atoms with Crippen LogP contribution in [0.15, 0.2) is 24.3 Å². The van der Waals surface area contributed by atoms with Crippen molar-refractivity contribution >= 4 is 34.0 Å². The Labute approximate surface area is 189 Å². The summed E-state index contributed by atoms with van der Waals surface area (Å²) in [6.45, 7) is 12.9. The van der Waals surface area contributed by atoms with Gasteiger partial charge in [-0.1, -0.05) is 27.7 Å². The van der Waals surface area contributed by atoms with Gasteiger partial charge < -0.3 is 15.5 Å². The number of amides is 3. The summed E-state index contributed by atoms with van der Waals surface area (Å²) < 4.78 is 0.905. The molecule has 7 nitrogen and oxygen atoms in total. The highest BCUT2D eigenvalue weighted by molar-refractivity contribution is 7.17. The molecular formula is C23H34N5O2S+. The lowest BCUT2D eigenvalue weighted by atomic mass is 10.0. The number of urea groups is 1. The first-order valence-electron chi connectivity index (χ1n) is 10.7. The molecule has 2 heterocycles. The minimum atomic E-state index is -0.520. The van der Waals surface area contributed by atoms with Gasteiger partial charge in [-0.25, -0.2) is 4.79 Å². The highest BCUT2D eigenvalue weighted by Gasteiger charge is 2.33. The van der Waals surface area contributed by atoms with Crippen molar-refractivity contribution in [3.63, 3.8) is 0 Å². The van der Waals surface area contributed by atoms with Crippen LogP contribution in [-0.2, 0) is 13.0 Å². The lowest BCUT2D eigenvalue weighted by Crippen LogP contribution is -2.47. The summed E-state index contributed by atoms with van der Waals surface area (Å²) in [5.74, 6) is -0.520. The van der Waals surface area contributed by atoms with Gasteiger partial charge in [0.15, 0.2) is 0 Å². The van der Waals surface area contributed by atoms with Gasteiger partial charge in [-0.3, -0.25) is 10.1 Å². The highest BCUT2D eigenvalue weighted by Crippen LogP contribution is 2.38. The van der Waals surface area contributed by atoms with Crippen LogP contribution in [0, 0.1) is 11.3 Å². The van der Waals surface area contributed by atoms with E-state index >= 15 is 0 Å². The average molecular weight is 445 g/mol. The summed E-state index contributed by atoms with van der Waals surface area (Å²) in [6, 6.07) is 8.12. The van der Waals surface area contributed by atoms with E-state index in [9.17, 15) is 9.59 Å². The van der Waals surface area contributed by atoms with Crippen LogP contribution in [0.5, 0.6) is 0 Å². The van der Waals surface area contributed by atoms with Gasteiger partial charge in [0.05, 0.1) is 42.2 Å². The molecule has 0 bridgehead atoms. The average Bonchev–Trinajstić information content (AvgIpc) is 3.13. The minimum Gasteiger partial charge on any atom is -0.365 e. The van der Waals surface area contributed by atoms with Crippen LogP contribution in [-0.4, -0.2) is 36.6 Å². The Morgan fingerprint density at radius 2 is 1.77 bits per heavy atom. The molecule has 8 heteroatoms. The third kappa shape index (κ3) is 6.54. The molecule has 3 rings (SSSR count). The third-order valence-corrected chi connectivity index (χ3v) is 6.16. The van der Waals surface area contributed by atoms with E-state index in [1.807, 2.05) is 33.8 Å². The van der Waals surface area contributed by atoms with Gasteiger partial charge in [0.2, 0.25) is 0 Å². The van der Waals surface area contributed by atoms with E-state index in [-0.39, 0.29) is 0 Å². The monoisotopic (exact) mass is 444 g/mol. The summed E-state index contributed by atoms with van der Waals surface area (Å²) >= 11 is 1.42. The molecule has 0 saturated carbocycles. The number of hydrogen-bond donors (Lipinski definition) is 3. The van der Waals surface area contributed by atoms with E-state index in [4.69, 9.17) is 11.0 Å². The Hall–Kier alpha value is -2.89. The van der Waals surface area contributed by atoms with Crippen LogP contribution in [0.4, 0.5) is 15.5 Å². The molecule has 2 aromatic rings. The number of benzene rings is 1. The van der Waals surface area contributed by atoms with Crippen molar-refractivity contribution in [2.75, 3.05) is 30.8 Å². The van der Waals surface area contributed by atoms with E-state index in [2.05, 4.69) is 24.6 Å². The molecule has 168 valence electrons. The molecule has 1 aromatic heterocycles. The normalized spacial score (nSPS) is 16.3. The number of anilines is 2. The van der Waals surface area contributed by atoms with Crippen molar-refractivity contribution in [3.8, 4) is 6.07 Å². The van der Waals surface area contributed by atoms with E-state index in [1.54, 1.807) is 24.3 Å². The van der Waals surface area contributed by atoms with Crippen molar-refractivity contribution in [3.05, 3.63) is 45.8 Å². The Morgan fingerprint density at radius 1 is 1.16 bits per heavy atom. The van der Waals surface area contributed by atoms with Crippen molar-refractivity contribution in [1.82, 2.24) is 0 Å². The fraction of sp³-hybridized carbons (Fsp3) is 0.435. The number of hydrogen-bond acceptors (Lipinski definition) is 4. The number of fused-ring (bicyclic) bond motifs is 1. The maximum atomic E-state index is 12.4. The number of carbonyl (C=O) groups is 2. The number of nitrogens with two attached hydrogens (primary N) is 1. The number of nitriles is 1. The van der Waals surface area contributed by atoms with Crippen LogP contribution < -0.4 is 16.4 Å². The largest absolute Gasteiger partial charge is 0.365 e. The lowest BCUT2D eigenvalue weighted by Gasteiger charge is -2.36. The van der Waals surface area contributed by atoms with Gasteiger partial charge in [-0.15, -0.1) is 11.3 Å². The molecule has 0 radical (unpaired) electrons. The fourth-order valence-corrected chi connectivity index (χ4v) is 4.64. The van der Waals surface area contributed by atoms with Crippen molar-refractivity contribution < 1.29 is 14.1 Å². The number of rotatable bonds is 4. The van der Waals surface area contributed by atoms with E-state index in [0.29, 0.717) is 21.8 Å². The molecule has 1 unspecified atom stereocenters. The molecule has 0 aliphatic carbocycles. The molecule has 31 heavy (non-hydrogen) atoms. The fourth-order valence-electron chi connectivity index (χ4n) is 3.22. The summed E-state index contributed by atoms with van der Waals surface area (Å²) in [7, 11) is 2.19. The third-order valence-electron chi connectivity index (χ3n) is 5.03. The number of carbonyl (C=O) groups excluding carboxylic acids is 2. The SMILES string of the molecule is CC.CC.CC[N+]1(C)CCc2c(sc(NC(=O)Nc3ccc(C#N)cc3)c2C(N)=O)C1. The maximum Gasteiger partial charge on any atom is 0.324 e. The van der Waals surface area contributed by atoms with Crippen LogP contribution in [0.25, 0.3) is 0 Å². The van der Waals surface area contributed by atoms with Crippen LogP contribution >= 0.6 is 11.3 Å². The standard InChI is InChI=1S/C19H21N5O2S.2C2H6/c1-3-24(2)9-8-14-15(11-24)27-18(16(14)17(21)25)23-19(26)22-13-6-4-12(10-20)5-7-13;2*1-2/h4-7H,3,8-9,11H2,1-2H3,(H3-,21,22,23,25,26);2*1-2H3/p+1. The van der Waals surface area contributed by atoms with Crippen molar-refractivity contribution in [2.24, 2.45) is 5.73 Å². The Kier molecular flexibility index (Phi) is 10.2. The molecular weight excluding hydrogens is 410 g/mol. The van der Waals surface area contributed by atoms with Gasteiger partial charge in [0, 0.05) is 12.1 Å². The summed E-state index contributed by atoms with van der Waals surface area (Å²) in [5, 5.41) is 14.8. The number of nitrogens with zero attached hydrogens (tertiary/aromatic N) is 2. The Morgan fingerprint density at radius 3 is 2.29 bits per heavy atom. The van der Waals surface area contributed by atoms with Crippen molar-refractivity contribution in [1.29, 1.82) is 5.26 Å². The van der Waals surface area contributed by atoms with Gasteiger partial charge >= 0.3 is 6.03 Å². The molecule has 1 atom stereocenters. The second-order valence-corrected chi connectivity index (χ2v) is 8.01. The number of thiophene rings is 1. The molecule has 0 spiro atoms. The minimum absolute atomic E-state index is 0.423. The molecule has 4 N–H and O–H groups in total. The maximum absolute atomic E-state index is 12.4. The molecule has 1 aliphatic rings. The summed E-state index contributed by atoms with van der Waals surface area (Å²) in [4.78, 5) is 25.5. The van der Waals surface area contributed by atoms with Gasteiger partial charge in [0.25, 0.3) is 5.91 Å². The summed E-state index contributed by atoms with van der Waals surface area (Å²) in [5.41, 5.74) is 8.06. The van der Waals surface area contributed by atoms with Gasteiger partial charge in [-0.05, 0) is 36.8 Å². The van der Waals surface area contributed by atoms with Gasteiger partial charge in [0.1, 0.15) is 11.5 Å². The van der Waals surface area contributed by atoms with Gasteiger partial charge in [-0.2, -0.15) is 5.26 Å². The predicted molar refractivity (Wildman–Crippen MR) is 128 cm³/mol. The van der Waals surface area contributed by atoms with Crippen LogP contribution in [0.1, 0.15) is 61.0 Å². The Bertz CT molecular complexity index is 931. The number of nitrogens with one attached hydrogen (secondary N) is 2. The zero-order valence-corrected chi connectivity index (χ0v) is 20.2. The van der Waals surface area contributed by atoms with E-state index in [1.165, 1.54) is 11.3 Å². The van der Waals surface area contributed by atoms with Crippen molar-refractivity contribution in [2.45, 2.75) is 47.6 Å². The number of likely N-dealkylation sites (N-methyl/N-ethyl adjacent to an activating group) is 1. The quantitative estimate of drug-likeness (QED) is 0.581. The second-order valence-electron chi connectivity index (χ2n) is 6.91.